The van der Waals surface area contributed by atoms with Crippen molar-refractivity contribution in [1.82, 2.24) is 0 Å². The third-order valence-corrected chi connectivity index (χ3v) is 3.29. The predicted molar refractivity (Wildman–Crippen MR) is 81.2 cm³/mol. The van der Waals surface area contributed by atoms with E-state index >= 15 is 0 Å². The molecule has 1 fully saturated rings. The molecule has 0 amide bonds. The summed E-state index contributed by atoms with van der Waals surface area (Å²) >= 11 is 0. The molecule has 0 aromatic heterocycles. The van der Waals surface area contributed by atoms with E-state index < -0.39 is 5.79 Å². The Morgan fingerprint density at radius 2 is 1.26 bits per heavy atom. The number of ether oxygens (including phenoxy) is 2. The Morgan fingerprint density at radius 3 is 1.58 bits per heavy atom. The van der Waals surface area contributed by atoms with Gasteiger partial charge in [-0.1, -0.05) is 20.8 Å². The van der Waals surface area contributed by atoms with Crippen LogP contribution < -0.4 is 0 Å². The number of hydrogen-bond acceptors (Lipinski definition) is 2. The minimum absolute atomic E-state index is 0.182. The van der Waals surface area contributed by atoms with Crippen LogP contribution in [0.1, 0.15) is 81.6 Å². The van der Waals surface area contributed by atoms with E-state index in [9.17, 15) is 0 Å². The van der Waals surface area contributed by atoms with E-state index in [2.05, 4.69) is 62.3 Å². The first-order chi connectivity index (χ1) is 8.22. The summed E-state index contributed by atoms with van der Waals surface area (Å²) in [5.74, 6) is 0.186. The van der Waals surface area contributed by atoms with Gasteiger partial charge in [0.15, 0.2) is 5.79 Å². The van der Waals surface area contributed by atoms with Crippen LogP contribution in [0.2, 0.25) is 0 Å². The molecule has 19 heavy (non-hydrogen) atoms. The second-order valence-corrected chi connectivity index (χ2v) is 9.19. The maximum absolute atomic E-state index is 6.43. The molecule has 0 spiro atoms. The Bertz CT molecular complexity index is 283. The molecule has 1 atom stereocenters. The van der Waals surface area contributed by atoms with Gasteiger partial charge >= 0.3 is 0 Å². The van der Waals surface area contributed by atoms with E-state index in [0.717, 1.165) is 12.8 Å². The van der Waals surface area contributed by atoms with Crippen molar-refractivity contribution in [3.05, 3.63) is 0 Å². The second-order valence-electron chi connectivity index (χ2n) is 9.19. The fourth-order valence-electron chi connectivity index (χ4n) is 3.71. The standard InChI is InChI=1S/C17H34O2/c1-13-10-16(8,9)12-17(11-13,18-14(2,3)4)19-15(5,6)7/h13H,10-12H2,1-9H3. The summed E-state index contributed by atoms with van der Waals surface area (Å²) in [4.78, 5) is 0. The molecule has 0 heterocycles. The first-order valence-electron chi connectivity index (χ1n) is 7.62. The maximum Gasteiger partial charge on any atom is 0.170 e. The van der Waals surface area contributed by atoms with Crippen LogP contribution in [0.15, 0.2) is 0 Å². The Labute approximate surface area is 120 Å². The van der Waals surface area contributed by atoms with Gasteiger partial charge in [-0.05, 0) is 59.3 Å². The SMILES string of the molecule is CC1CC(C)(C)CC(OC(C)(C)C)(OC(C)(C)C)C1. The molecule has 2 heteroatoms. The van der Waals surface area contributed by atoms with E-state index in [1.807, 2.05) is 0 Å². The van der Waals surface area contributed by atoms with Gasteiger partial charge in [-0.15, -0.1) is 0 Å². The molecule has 2 nitrogen and oxygen atoms in total. The molecule has 0 aromatic carbocycles. The van der Waals surface area contributed by atoms with E-state index in [4.69, 9.17) is 9.47 Å². The molecule has 0 radical (unpaired) electrons. The third kappa shape index (κ3) is 5.83. The summed E-state index contributed by atoms with van der Waals surface area (Å²) in [5.41, 5.74) is -0.0923. The summed E-state index contributed by atoms with van der Waals surface area (Å²) in [6.45, 7) is 19.7. The highest BCUT2D eigenvalue weighted by atomic mass is 16.7. The molecular formula is C17H34O2. The Balaban J connectivity index is 3.04. The average Bonchev–Trinajstić information content (AvgIpc) is 1.87. The topological polar surface area (TPSA) is 18.5 Å². The van der Waals surface area contributed by atoms with E-state index in [1.165, 1.54) is 6.42 Å². The van der Waals surface area contributed by atoms with Gasteiger partial charge in [-0.3, -0.25) is 0 Å². The van der Waals surface area contributed by atoms with Gasteiger partial charge in [-0.25, -0.2) is 0 Å². The van der Waals surface area contributed by atoms with Crippen LogP contribution in [0, 0.1) is 11.3 Å². The highest BCUT2D eigenvalue weighted by Gasteiger charge is 2.48. The van der Waals surface area contributed by atoms with Crippen LogP contribution in [0.3, 0.4) is 0 Å². The predicted octanol–water partition coefficient (Wildman–Crippen LogP) is 5.16. The molecule has 0 aliphatic heterocycles. The lowest BCUT2D eigenvalue weighted by molar-refractivity contribution is -0.337. The molecule has 1 unspecified atom stereocenters. The molecule has 0 N–H and O–H groups in total. The summed E-state index contributed by atoms with van der Waals surface area (Å²) < 4.78 is 12.9. The molecule has 1 rings (SSSR count). The molecule has 0 saturated heterocycles. The zero-order chi connectivity index (χ0) is 15.1. The van der Waals surface area contributed by atoms with E-state index in [-0.39, 0.29) is 16.6 Å². The van der Waals surface area contributed by atoms with Crippen molar-refractivity contribution < 1.29 is 9.47 Å². The van der Waals surface area contributed by atoms with Crippen molar-refractivity contribution in [2.45, 2.75) is 98.6 Å². The van der Waals surface area contributed by atoms with Gasteiger partial charge < -0.3 is 9.47 Å². The van der Waals surface area contributed by atoms with Crippen molar-refractivity contribution in [2.24, 2.45) is 11.3 Å². The van der Waals surface area contributed by atoms with E-state index in [1.54, 1.807) is 0 Å². The van der Waals surface area contributed by atoms with Crippen LogP contribution >= 0.6 is 0 Å². The number of hydrogen-bond donors (Lipinski definition) is 0. The largest absolute Gasteiger partial charge is 0.344 e. The minimum atomic E-state index is -0.447. The van der Waals surface area contributed by atoms with Gasteiger partial charge in [-0.2, -0.15) is 0 Å². The Morgan fingerprint density at radius 1 is 0.842 bits per heavy atom. The minimum Gasteiger partial charge on any atom is -0.344 e. The second kappa shape index (κ2) is 5.04. The molecule has 1 saturated carbocycles. The zero-order valence-corrected chi connectivity index (χ0v) is 14.5. The molecular weight excluding hydrogens is 236 g/mol. The average molecular weight is 270 g/mol. The molecule has 0 aromatic rings. The molecule has 1 aliphatic rings. The van der Waals surface area contributed by atoms with E-state index in [0.29, 0.717) is 5.92 Å². The van der Waals surface area contributed by atoms with Crippen molar-refractivity contribution in [3.63, 3.8) is 0 Å². The first kappa shape index (κ1) is 17.0. The van der Waals surface area contributed by atoms with Crippen LogP contribution in [0.4, 0.5) is 0 Å². The van der Waals surface area contributed by atoms with Crippen molar-refractivity contribution in [3.8, 4) is 0 Å². The van der Waals surface area contributed by atoms with Gasteiger partial charge in [0.2, 0.25) is 0 Å². The van der Waals surface area contributed by atoms with Crippen molar-refractivity contribution in [1.29, 1.82) is 0 Å². The van der Waals surface area contributed by atoms with Gasteiger partial charge in [0.05, 0.1) is 11.2 Å². The fraction of sp³-hybridized carbons (Fsp3) is 1.00. The van der Waals surface area contributed by atoms with Crippen LogP contribution in [-0.2, 0) is 9.47 Å². The maximum atomic E-state index is 6.43. The third-order valence-electron chi connectivity index (χ3n) is 3.29. The zero-order valence-electron chi connectivity index (χ0n) is 14.5. The van der Waals surface area contributed by atoms with Crippen LogP contribution in [-0.4, -0.2) is 17.0 Å². The normalized spacial score (nSPS) is 27.3. The first-order valence-corrected chi connectivity index (χ1v) is 7.62. The summed E-state index contributed by atoms with van der Waals surface area (Å²) in [7, 11) is 0. The fourth-order valence-corrected chi connectivity index (χ4v) is 3.71. The quantitative estimate of drug-likeness (QED) is 0.645. The highest BCUT2D eigenvalue weighted by Crippen LogP contribution is 2.48. The Kier molecular flexibility index (Phi) is 4.50. The van der Waals surface area contributed by atoms with Gasteiger partial charge in [0, 0.05) is 12.8 Å². The smallest absolute Gasteiger partial charge is 0.170 e. The monoisotopic (exact) mass is 270 g/mol. The Hall–Kier alpha value is -0.0800. The lowest BCUT2D eigenvalue weighted by Crippen LogP contribution is -2.52. The summed E-state index contributed by atoms with van der Waals surface area (Å²) in [5, 5.41) is 0. The van der Waals surface area contributed by atoms with Gasteiger partial charge in [0.1, 0.15) is 0 Å². The summed E-state index contributed by atoms with van der Waals surface area (Å²) in [6.07, 6.45) is 3.21. The van der Waals surface area contributed by atoms with Crippen LogP contribution in [0.5, 0.6) is 0 Å². The number of rotatable bonds is 2. The highest BCUT2D eigenvalue weighted by molar-refractivity contribution is 4.92. The summed E-state index contributed by atoms with van der Waals surface area (Å²) in [6, 6.07) is 0. The lowest BCUT2D eigenvalue weighted by atomic mass is 9.69. The lowest BCUT2D eigenvalue weighted by Gasteiger charge is -2.51. The van der Waals surface area contributed by atoms with Crippen LogP contribution in [0.25, 0.3) is 0 Å². The molecule has 1 aliphatic carbocycles. The van der Waals surface area contributed by atoms with Crippen molar-refractivity contribution >= 4 is 0 Å². The van der Waals surface area contributed by atoms with Crippen molar-refractivity contribution in [2.75, 3.05) is 0 Å². The molecule has 114 valence electrons. The molecule has 0 bridgehead atoms. The van der Waals surface area contributed by atoms with Gasteiger partial charge in [0.25, 0.3) is 0 Å².